The van der Waals surface area contributed by atoms with Gasteiger partial charge in [0.1, 0.15) is 11.6 Å². The first-order chi connectivity index (χ1) is 10.3. The van der Waals surface area contributed by atoms with Gasteiger partial charge in [-0.25, -0.2) is 9.37 Å². The molecule has 4 heteroatoms. The Bertz CT molecular complexity index is 602. The number of nitrogens with zero attached hydrogens (tertiary/aromatic N) is 2. The summed E-state index contributed by atoms with van der Waals surface area (Å²) in [4.78, 5) is 4.35. The first-order valence-corrected chi connectivity index (χ1v) is 7.77. The molecule has 1 aliphatic carbocycles. The number of benzene rings is 1. The molecule has 0 atom stereocenters. The minimum atomic E-state index is -0.129. The predicted molar refractivity (Wildman–Crippen MR) is 81.6 cm³/mol. The minimum absolute atomic E-state index is 0.129. The molecule has 3 nitrogen and oxygen atoms in total. The van der Waals surface area contributed by atoms with Crippen molar-refractivity contribution >= 4 is 0 Å². The molecule has 1 fully saturated rings. The highest BCUT2D eigenvalue weighted by Gasteiger charge is 2.20. The van der Waals surface area contributed by atoms with E-state index in [2.05, 4.69) is 21.8 Å². The van der Waals surface area contributed by atoms with Crippen molar-refractivity contribution < 1.29 is 4.39 Å². The van der Waals surface area contributed by atoms with Gasteiger partial charge in [0.25, 0.3) is 0 Å². The second-order valence-corrected chi connectivity index (χ2v) is 5.79. The van der Waals surface area contributed by atoms with Crippen molar-refractivity contribution in [3.8, 4) is 0 Å². The van der Waals surface area contributed by atoms with Crippen LogP contribution in [0.3, 0.4) is 0 Å². The van der Waals surface area contributed by atoms with E-state index in [1.165, 1.54) is 12.8 Å². The molecular formula is C17H22FN3. The number of rotatable bonds is 7. The first kappa shape index (κ1) is 14.3. The van der Waals surface area contributed by atoms with E-state index in [1.54, 1.807) is 12.3 Å². The smallest absolute Gasteiger partial charge is 0.127 e. The number of hydrogen-bond donors (Lipinski definition) is 1. The quantitative estimate of drug-likeness (QED) is 0.847. The van der Waals surface area contributed by atoms with Gasteiger partial charge in [-0.05, 0) is 36.5 Å². The molecule has 0 spiro atoms. The number of imidazole rings is 1. The molecule has 0 saturated heterocycles. The van der Waals surface area contributed by atoms with Gasteiger partial charge in [0.05, 0.1) is 0 Å². The van der Waals surface area contributed by atoms with Crippen molar-refractivity contribution in [2.24, 2.45) is 0 Å². The van der Waals surface area contributed by atoms with E-state index in [4.69, 9.17) is 0 Å². The van der Waals surface area contributed by atoms with Gasteiger partial charge in [-0.2, -0.15) is 0 Å². The van der Waals surface area contributed by atoms with E-state index in [0.717, 1.165) is 30.9 Å². The lowest BCUT2D eigenvalue weighted by Gasteiger charge is -2.09. The topological polar surface area (TPSA) is 29.9 Å². The summed E-state index contributed by atoms with van der Waals surface area (Å²) in [5.41, 5.74) is 1.73. The van der Waals surface area contributed by atoms with E-state index < -0.39 is 0 Å². The van der Waals surface area contributed by atoms with Crippen molar-refractivity contribution in [1.29, 1.82) is 0 Å². The van der Waals surface area contributed by atoms with Crippen molar-refractivity contribution in [3.05, 3.63) is 53.4 Å². The number of aromatic nitrogens is 2. The maximum absolute atomic E-state index is 14.2. The second-order valence-electron chi connectivity index (χ2n) is 5.79. The molecule has 21 heavy (non-hydrogen) atoms. The van der Waals surface area contributed by atoms with Crippen molar-refractivity contribution in [3.63, 3.8) is 0 Å². The van der Waals surface area contributed by atoms with Crippen LogP contribution in [0.5, 0.6) is 0 Å². The summed E-state index contributed by atoms with van der Waals surface area (Å²) >= 11 is 0. The van der Waals surface area contributed by atoms with Gasteiger partial charge in [0.15, 0.2) is 0 Å². The zero-order chi connectivity index (χ0) is 14.7. The standard InChI is InChI=1S/C17H22FN3/c1-2-8-21-9-7-19-17(21)11-14-4-3-13(10-16(14)18)12-20-15-5-6-15/h3-4,7,9-10,15,20H,2,5-6,8,11-12H2,1H3. The summed E-state index contributed by atoms with van der Waals surface area (Å²) in [5, 5.41) is 3.41. The SMILES string of the molecule is CCCn1ccnc1Cc1ccc(CNC2CC2)cc1F. The van der Waals surface area contributed by atoms with Gasteiger partial charge in [-0.15, -0.1) is 0 Å². The number of aryl methyl sites for hydroxylation is 1. The third kappa shape index (κ3) is 3.70. The summed E-state index contributed by atoms with van der Waals surface area (Å²) in [6, 6.07) is 6.21. The largest absolute Gasteiger partial charge is 0.335 e. The monoisotopic (exact) mass is 287 g/mol. The molecule has 0 bridgehead atoms. The van der Waals surface area contributed by atoms with E-state index in [0.29, 0.717) is 18.0 Å². The lowest BCUT2D eigenvalue weighted by Crippen LogP contribution is -2.15. The number of hydrogen-bond acceptors (Lipinski definition) is 2. The molecule has 0 unspecified atom stereocenters. The van der Waals surface area contributed by atoms with Crippen LogP contribution in [-0.4, -0.2) is 15.6 Å². The Balaban J connectivity index is 1.68. The van der Waals surface area contributed by atoms with Crippen LogP contribution in [-0.2, 0) is 19.5 Å². The highest BCUT2D eigenvalue weighted by molar-refractivity contribution is 5.27. The van der Waals surface area contributed by atoms with Gasteiger partial charge in [-0.3, -0.25) is 0 Å². The molecule has 112 valence electrons. The van der Waals surface area contributed by atoms with Gasteiger partial charge in [0, 0.05) is 37.9 Å². The Morgan fingerprint density at radius 3 is 2.95 bits per heavy atom. The Morgan fingerprint density at radius 1 is 1.38 bits per heavy atom. The van der Waals surface area contributed by atoms with Gasteiger partial charge in [0.2, 0.25) is 0 Å². The highest BCUT2D eigenvalue weighted by atomic mass is 19.1. The molecule has 0 amide bonds. The Labute approximate surface area is 125 Å². The fourth-order valence-electron chi connectivity index (χ4n) is 2.52. The predicted octanol–water partition coefficient (Wildman–Crippen LogP) is 3.28. The second kappa shape index (κ2) is 6.39. The van der Waals surface area contributed by atoms with Crippen LogP contribution in [0.15, 0.2) is 30.6 Å². The summed E-state index contributed by atoms with van der Waals surface area (Å²) in [6.07, 6.45) is 7.86. The van der Waals surface area contributed by atoms with Crippen LogP contribution in [0, 0.1) is 5.82 Å². The lowest BCUT2D eigenvalue weighted by atomic mass is 10.1. The van der Waals surface area contributed by atoms with Crippen LogP contribution >= 0.6 is 0 Å². The highest BCUT2D eigenvalue weighted by Crippen LogP contribution is 2.20. The molecular weight excluding hydrogens is 265 g/mol. The van der Waals surface area contributed by atoms with Crippen molar-refractivity contribution in [2.75, 3.05) is 0 Å². The van der Waals surface area contributed by atoms with E-state index in [9.17, 15) is 4.39 Å². The zero-order valence-corrected chi connectivity index (χ0v) is 12.5. The molecule has 0 radical (unpaired) electrons. The van der Waals surface area contributed by atoms with Gasteiger partial charge < -0.3 is 9.88 Å². The Hall–Kier alpha value is -1.68. The third-order valence-electron chi connectivity index (χ3n) is 3.90. The maximum Gasteiger partial charge on any atom is 0.127 e. The molecule has 3 rings (SSSR count). The fourth-order valence-corrected chi connectivity index (χ4v) is 2.52. The summed E-state index contributed by atoms with van der Waals surface area (Å²) in [7, 11) is 0. The molecule has 1 heterocycles. The van der Waals surface area contributed by atoms with Crippen LogP contribution in [0.4, 0.5) is 4.39 Å². The Kier molecular flexibility index (Phi) is 4.34. The third-order valence-corrected chi connectivity index (χ3v) is 3.90. The van der Waals surface area contributed by atoms with Crippen LogP contribution in [0.25, 0.3) is 0 Å². The Morgan fingerprint density at radius 2 is 2.24 bits per heavy atom. The van der Waals surface area contributed by atoms with Crippen LogP contribution < -0.4 is 5.32 Å². The number of halogens is 1. The van der Waals surface area contributed by atoms with Crippen LogP contribution in [0.2, 0.25) is 0 Å². The minimum Gasteiger partial charge on any atom is -0.335 e. The fraction of sp³-hybridized carbons (Fsp3) is 0.471. The zero-order valence-electron chi connectivity index (χ0n) is 12.5. The molecule has 1 saturated carbocycles. The summed E-state index contributed by atoms with van der Waals surface area (Å²) in [6.45, 7) is 3.82. The average Bonchev–Trinajstić information content (AvgIpc) is 3.21. The van der Waals surface area contributed by atoms with Crippen molar-refractivity contribution in [1.82, 2.24) is 14.9 Å². The number of nitrogens with one attached hydrogen (secondary N) is 1. The summed E-state index contributed by atoms with van der Waals surface area (Å²) < 4.78 is 16.3. The van der Waals surface area contributed by atoms with Gasteiger partial charge in [-0.1, -0.05) is 19.1 Å². The first-order valence-electron chi connectivity index (χ1n) is 7.77. The molecule has 0 aliphatic heterocycles. The molecule has 1 aromatic heterocycles. The van der Waals surface area contributed by atoms with E-state index >= 15 is 0 Å². The van der Waals surface area contributed by atoms with Gasteiger partial charge >= 0.3 is 0 Å². The molecule has 1 aromatic carbocycles. The van der Waals surface area contributed by atoms with Crippen molar-refractivity contribution in [2.45, 2.75) is 51.7 Å². The summed E-state index contributed by atoms with van der Waals surface area (Å²) in [5.74, 6) is 0.802. The molecule has 1 N–H and O–H groups in total. The normalized spacial score (nSPS) is 14.6. The maximum atomic E-state index is 14.2. The average molecular weight is 287 g/mol. The molecule has 1 aliphatic rings. The molecule has 2 aromatic rings. The lowest BCUT2D eigenvalue weighted by molar-refractivity contribution is 0.597. The van der Waals surface area contributed by atoms with Crippen LogP contribution in [0.1, 0.15) is 43.1 Å². The van der Waals surface area contributed by atoms with E-state index in [-0.39, 0.29) is 5.82 Å². The van der Waals surface area contributed by atoms with E-state index in [1.807, 2.05) is 18.3 Å².